The van der Waals surface area contributed by atoms with Crippen LogP contribution >= 0.6 is 23.2 Å². The van der Waals surface area contributed by atoms with E-state index >= 15 is 0 Å². The number of ether oxygens (including phenoxy) is 1. The number of aromatic nitrogens is 2. The van der Waals surface area contributed by atoms with E-state index in [1.165, 1.54) is 0 Å². The van der Waals surface area contributed by atoms with E-state index in [0.717, 1.165) is 5.56 Å². The number of aromatic amines is 1. The minimum absolute atomic E-state index is 0.0339. The fourth-order valence-corrected chi connectivity index (χ4v) is 4.91. The molecule has 0 aliphatic carbocycles. The number of carbonyl (C=O) groups is 1. The lowest BCUT2D eigenvalue weighted by Gasteiger charge is -2.32. The van der Waals surface area contributed by atoms with Crippen molar-refractivity contribution in [2.24, 2.45) is 5.73 Å². The maximum Gasteiger partial charge on any atom is 0.248 e. The van der Waals surface area contributed by atoms with Gasteiger partial charge in [-0.25, -0.2) is 0 Å². The van der Waals surface area contributed by atoms with E-state index in [2.05, 4.69) is 16.3 Å². The number of benzene rings is 2. The van der Waals surface area contributed by atoms with E-state index < -0.39 is 5.41 Å². The smallest absolute Gasteiger partial charge is 0.248 e. The molecule has 2 aliphatic heterocycles. The highest BCUT2D eigenvalue weighted by Crippen LogP contribution is 2.55. The van der Waals surface area contributed by atoms with Gasteiger partial charge in [-0.3, -0.25) is 9.89 Å². The molecular weight excluding hydrogens is 437 g/mol. The molecule has 9 heteroatoms. The standard InChI is InChI=1S/C22H15Cl2N5O2/c1-11-18-20(28-27-11)31-19(26)15(9-25)22(18)14-4-2-3-5-17(14)29(21(22)30)10-12-6-7-13(23)8-16(12)24/h2-8H,10,26H2,1H3,(H,27,28). The molecule has 2 aromatic carbocycles. The van der Waals surface area contributed by atoms with Gasteiger partial charge in [0.25, 0.3) is 0 Å². The van der Waals surface area contributed by atoms with Gasteiger partial charge in [0.2, 0.25) is 17.7 Å². The van der Waals surface area contributed by atoms with Crippen molar-refractivity contribution in [3.63, 3.8) is 0 Å². The number of fused-ring (bicyclic) bond motifs is 4. The van der Waals surface area contributed by atoms with Gasteiger partial charge in [0.05, 0.1) is 12.1 Å². The van der Waals surface area contributed by atoms with Crippen LogP contribution in [0.3, 0.4) is 0 Å². The quantitative estimate of drug-likeness (QED) is 0.613. The van der Waals surface area contributed by atoms with E-state index in [1.54, 1.807) is 30.0 Å². The Kier molecular flexibility index (Phi) is 4.26. The van der Waals surface area contributed by atoms with E-state index in [1.807, 2.05) is 24.3 Å². The van der Waals surface area contributed by atoms with E-state index in [4.69, 9.17) is 33.7 Å². The molecule has 154 valence electrons. The summed E-state index contributed by atoms with van der Waals surface area (Å²) in [6, 6.07) is 14.6. The Morgan fingerprint density at radius 2 is 2.06 bits per heavy atom. The fourth-order valence-electron chi connectivity index (χ4n) is 4.44. The van der Waals surface area contributed by atoms with Crippen molar-refractivity contribution in [2.45, 2.75) is 18.9 Å². The molecule has 0 saturated heterocycles. The Morgan fingerprint density at radius 3 is 2.81 bits per heavy atom. The first-order valence-electron chi connectivity index (χ1n) is 9.38. The first-order chi connectivity index (χ1) is 14.9. The molecular formula is C22H15Cl2N5O2. The first-order valence-corrected chi connectivity index (χ1v) is 10.1. The minimum atomic E-state index is -1.46. The van der Waals surface area contributed by atoms with Gasteiger partial charge in [0.1, 0.15) is 17.1 Å². The Morgan fingerprint density at radius 1 is 1.29 bits per heavy atom. The summed E-state index contributed by atoms with van der Waals surface area (Å²) < 4.78 is 5.58. The van der Waals surface area contributed by atoms with Crippen molar-refractivity contribution in [1.82, 2.24) is 10.2 Å². The molecule has 3 N–H and O–H groups in total. The van der Waals surface area contributed by atoms with Gasteiger partial charge in [0, 0.05) is 27.0 Å². The average molecular weight is 452 g/mol. The second-order valence-electron chi connectivity index (χ2n) is 7.38. The largest absolute Gasteiger partial charge is 0.420 e. The third-order valence-corrected chi connectivity index (χ3v) is 6.32. The van der Waals surface area contributed by atoms with Crippen LogP contribution in [-0.2, 0) is 16.8 Å². The zero-order valence-corrected chi connectivity index (χ0v) is 17.8. The number of nitrogens with one attached hydrogen (secondary N) is 1. The molecule has 1 atom stereocenters. The van der Waals surface area contributed by atoms with Gasteiger partial charge >= 0.3 is 0 Å². The fraction of sp³-hybridized carbons (Fsp3) is 0.136. The van der Waals surface area contributed by atoms with Crippen molar-refractivity contribution in [3.05, 3.63) is 86.4 Å². The van der Waals surface area contributed by atoms with Gasteiger partial charge in [0.15, 0.2) is 0 Å². The zero-order chi connectivity index (χ0) is 21.9. The molecule has 1 aromatic heterocycles. The number of H-pyrrole nitrogens is 1. The molecule has 31 heavy (non-hydrogen) atoms. The van der Waals surface area contributed by atoms with Crippen molar-refractivity contribution >= 4 is 34.8 Å². The van der Waals surface area contributed by atoms with Crippen molar-refractivity contribution in [3.8, 4) is 11.9 Å². The minimum Gasteiger partial charge on any atom is -0.420 e. The molecule has 3 aromatic rings. The van der Waals surface area contributed by atoms with Crippen molar-refractivity contribution < 1.29 is 9.53 Å². The highest BCUT2D eigenvalue weighted by Gasteiger charge is 2.60. The molecule has 0 fully saturated rings. The molecule has 3 heterocycles. The van der Waals surface area contributed by atoms with Crippen LogP contribution in [0.5, 0.6) is 5.88 Å². The van der Waals surface area contributed by atoms with Gasteiger partial charge in [-0.15, -0.1) is 5.10 Å². The van der Waals surface area contributed by atoms with Crippen LogP contribution < -0.4 is 15.4 Å². The lowest BCUT2D eigenvalue weighted by atomic mass is 9.69. The van der Waals surface area contributed by atoms with Crippen LogP contribution in [0.15, 0.2) is 53.9 Å². The normalized spacial score (nSPS) is 19.3. The van der Waals surface area contributed by atoms with Crippen LogP contribution in [0.2, 0.25) is 10.0 Å². The number of nitrogens with zero attached hydrogens (tertiary/aromatic N) is 3. The van der Waals surface area contributed by atoms with Gasteiger partial charge < -0.3 is 15.4 Å². The predicted molar refractivity (Wildman–Crippen MR) is 116 cm³/mol. The summed E-state index contributed by atoms with van der Waals surface area (Å²) in [4.78, 5) is 15.8. The summed E-state index contributed by atoms with van der Waals surface area (Å²) in [5.41, 5.74) is 7.80. The molecule has 1 spiro atoms. The molecule has 1 unspecified atom stereocenters. The molecule has 0 bridgehead atoms. The van der Waals surface area contributed by atoms with E-state index in [0.29, 0.717) is 32.6 Å². The number of hydrogen-bond donors (Lipinski definition) is 2. The van der Waals surface area contributed by atoms with Crippen LogP contribution in [0.1, 0.15) is 22.4 Å². The van der Waals surface area contributed by atoms with Gasteiger partial charge in [-0.2, -0.15) is 5.26 Å². The average Bonchev–Trinajstić information content (AvgIpc) is 3.22. The van der Waals surface area contributed by atoms with Gasteiger partial charge in [-0.1, -0.05) is 47.5 Å². The second-order valence-corrected chi connectivity index (χ2v) is 8.22. The molecule has 2 aliphatic rings. The summed E-state index contributed by atoms with van der Waals surface area (Å²) in [5, 5.41) is 18.0. The summed E-state index contributed by atoms with van der Waals surface area (Å²) >= 11 is 12.4. The third kappa shape index (κ3) is 2.52. The Hall–Kier alpha value is -3.47. The predicted octanol–water partition coefficient (Wildman–Crippen LogP) is 3.94. The van der Waals surface area contributed by atoms with Crippen molar-refractivity contribution in [1.29, 1.82) is 5.26 Å². The lowest BCUT2D eigenvalue weighted by Crippen LogP contribution is -2.45. The monoisotopic (exact) mass is 451 g/mol. The van der Waals surface area contributed by atoms with E-state index in [9.17, 15) is 10.1 Å². The lowest BCUT2D eigenvalue weighted by molar-refractivity contribution is -0.121. The molecule has 0 saturated carbocycles. The van der Waals surface area contributed by atoms with Crippen LogP contribution in [0.25, 0.3) is 0 Å². The number of hydrogen-bond acceptors (Lipinski definition) is 5. The maximum atomic E-state index is 14.2. The highest BCUT2D eigenvalue weighted by molar-refractivity contribution is 6.35. The SMILES string of the molecule is Cc1[nH]nc2c1C1(C(=O)N(Cc3ccc(Cl)cc3Cl)c3ccccc31)C(C#N)=C(N)O2. The van der Waals surface area contributed by atoms with Crippen LogP contribution in [0.4, 0.5) is 5.69 Å². The number of rotatable bonds is 2. The van der Waals surface area contributed by atoms with E-state index in [-0.39, 0.29) is 29.8 Å². The summed E-state index contributed by atoms with van der Waals surface area (Å²) in [5.74, 6) is -0.284. The number of aryl methyl sites for hydroxylation is 1. The second kappa shape index (κ2) is 6.77. The zero-order valence-electron chi connectivity index (χ0n) is 16.2. The first kappa shape index (κ1) is 19.5. The van der Waals surface area contributed by atoms with Crippen LogP contribution in [0, 0.1) is 18.3 Å². The molecule has 1 amide bonds. The van der Waals surface area contributed by atoms with Crippen LogP contribution in [-0.4, -0.2) is 16.1 Å². The number of nitrogens with two attached hydrogens (primary N) is 1. The number of amides is 1. The summed E-state index contributed by atoms with van der Waals surface area (Å²) in [6.45, 7) is 1.97. The number of anilines is 1. The topological polar surface area (TPSA) is 108 Å². The molecule has 0 radical (unpaired) electrons. The summed E-state index contributed by atoms with van der Waals surface area (Å²) in [7, 11) is 0. The Labute approximate surface area is 187 Å². The molecule has 5 rings (SSSR count). The Bertz CT molecular complexity index is 1340. The Balaban J connectivity index is 1.77. The van der Waals surface area contributed by atoms with Crippen molar-refractivity contribution in [2.75, 3.05) is 4.90 Å². The maximum absolute atomic E-state index is 14.2. The number of para-hydroxylation sites is 1. The highest BCUT2D eigenvalue weighted by atomic mass is 35.5. The number of carbonyl (C=O) groups excluding carboxylic acids is 1. The third-order valence-electron chi connectivity index (χ3n) is 5.74. The van der Waals surface area contributed by atoms with Gasteiger partial charge in [-0.05, 0) is 30.7 Å². The summed E-state index contributed by atoms with van der Waals surface area (Å²) in [6.07, 6.45) is 0. The number of halogens is 2. The number of nitriles is 1. The molecule has 7 nitrogen and oxygen atoms in total.